The highest BCUT2D eigenvalue weighted by Crippen LogP contribution is 2.37. The average Bonchev–Trinajstić information content (AvgIpc) is 3.71. The van der Waals surface area contributed by atoms with E-state index in [9.17, 15) is 18.0 Å². The SMILES string of the molecule is CCc1c(C(F)(F)F)cc(C(=O)Nc2cc(C(NCC3CC3)c3ccccc3)cc(C)c2F)n1-c1cccc(CN)c1. The van der Waals surface area contributed by atoms with Crippen molar-refractivity contribution in [1.29, 1.82) is 0 Å². The third kappa shape index (κ3) is 6.27. The van der Waals surface area contributed by atoms with E-state index < -0.39 is 23.5 Å². The van der Waals surface area contributed by atoms with Gasteiger partial charge in [-0.3, -0.25) is 4.79 Å². The molecule has 1 atom stereocenters. The lowest BCUT2D eigenvalue weighted by Gasteiger charge is -2.22. The van der Waals surface area contributed by atoms with Crippen LogP contribution in [0.3, 0.4) is 0 Å². The highest BCUT2D eigenvalue weighted by Gasteiger charge is 2.38. The fourth-order valence-electron chi connectivity index (χ4n) is 5.35. The molecule has 0 bridgehead atoms. The van der Waals surface area contributed by atoms with Gasteiger partial charge in [0.15, 0.2) is 0 Å². The zero-order valence-corrected chi connectivity index (χ0v) is 23.6. The molecule has 3 aromatic carbocycles. The van der Waals surface area contributed by atoms with Crippen LogP contribution in [0.4, 0.5) is 23.2 Å². The highest BCUT2D eigenvalue weighted by molar-refractivity contribution is 6.04. The first-order valence-corrected chi connectivity index (χ1v) is 14.1. The maximum atomic E-state index is 15.5. The van der Waals surface area contributed by atoms with Gasteiger partial charge in [-0.25, -0.2) is 4.39 Å². The van der Waals surface area contributed by atoms with Crippen molar-refractivity contribution in [3.63, 3.8) is 0 Å². The first-order chi connectivity index (χ1) is 20.1. The molecule has 0 spiro atoms. The standard InChI is InChI=1S/C33H34F4N4O/c1-3-28-26(33(35,36)37)17-29(41(28)25-11-7-8-22(15-25)18-38)32(42)40-27-16-24(14-20(2)30(27)34)31(39-19-21-12-13-21)23-9-5-4-6-10-23/h4-11,14-17,21,31,39H,3,12-13,18-19,38H2,1-2H3,(H,40,42). The molecule has 5 nitrogen and oxygen atoms in total. The summed E-state index contributed by atoms with van der Waals surface area (Å²) in [4.78, 5) is 13.7. The van der Waals surface area contributed by atoms with Gasteiger partial charge < -0.3 is 20.9 Å². The number of carbonyl (C=O) groups excluding carboxylic acids is 1. The van der Waals surface area contributed by atoms with Crippen LogP contribution in [0.1, 0.15) is 69.8 Å². The Morgan fingerprint density at radius 2 is 1.76 bits per heavy atom. The molecule has 0 radical (unpaired) electrons. The van der Waals surface area contributed by atoms with E-state index in [4.69, 9.17) is 5.73 Å². The van der Waals surface area contributed by atoms with E-state index in [1.54, 1.807) is 50.2 Å². The fourth-order valence-corrected chi connectivity index (χ4v) is 5.35. The molecule has 1 heterocycles. The van der Waals surface area contributed by atoms with Crippen molar-refractivity contribution in [1.82, 2.24) is 9.88 Å². The molecular formula is C33H34F4N4O. The van der Waals surface area contributed by atoms with E-state index in [1.807, 2.05) is 30.3 Å². The minimum atomic E-state index is -4.69. The number of halogens is 4. The average molecular weight is 579 g/mol. The maximum absolute atomic E-state index is 15.5. The van der Waals surface area contributed by atoms with E-state index in [2.05, 4.69) is 10.6 Å². The summed E-state index contributed by atoms with van der Waals surface area (Å²) in [6.07, 6.45) is -2.35. The number of carbonyl (C=O) groups is 1. The largest absolute Gasteiger partial charge is 0.418 e. The summed E-state index contributed by atoms with van der Waals surface area (Å²) >= 11 is 0. The Kier molecular flexibility index (Phi) is 8.52. The molecule has 9 heteroatoms. The molecule has 1 aromatic heterocycles. The Balaban J connectivity index is 1.56. The minimum absolute atomic E-state index is 0.0172. The quantitative estimate of drug-likeness (QED) is 0.173. The molecule has 4 aromatic rings. The summed E-state index contributed by atoms with van der Waals surface area (Å²) in [5.41, 5.74) is 7.56. The second kappa shape index (κ2) is 12.1. The van der Waals surface area contributed by atoms with Crippen LogP contribution in [-0.2, 0) is 19.1 Å². The van der Waals surface area contributed by atoms with Gasteiger partial charge in [0.05, 0.1) is 17.3 Å². The van der Waals surface area contributed by atoms with Crippen molar-refractivity contribution in [3.05, 3.63) is 118 Å². The molecule has 1 amide bonds. The summed E-state index contributed by atoms with van der Waals surface area (Å²) in [7, 11) is 0. The minimum Gasteiger partial charge on any atom is -0.326 e. The zero-order valence-electron chi connectivity index (χ0n) is 23.6. The highest BCUT2D eigenvalue weighted by atomic mass is 19.4. The number of amides is 1. The number of nitrogens with one attached hydrogen (secondary N) is 2. The Bertz CT molecular complexity index is 1580. The van der Waals surface area contributed by atoms with Gasteiger partial charge in [-0.2, -0.15) is 13.2 Å². The smallest absolute Gasteiger partial charge is 0.326 e. The molecule has 1 aliphatic rings. The number of nitrogens with zero attached hydrogens (tertiary/aromatic N) is 1. The number of anilines is 1. The molecule has 42 heavy (non-hydrogen) atoms. The van der Waals surface area contributed by atoms with Crippen LogP contribution in [0.25, 0.3) is 5.69 Å². The number of rotatable bonds is 10. The van der Waals surface area contributed by atoms with Gasteiger partial charge in [0.25, 0.3) is 5.91 Å². The Hall–Kier alpha value is -3.95. The third-order valence-electron chi connectivity index (χ3n) is 7.68. The zero-order chi connectivity index (χ0) is 30.0. The predicted octanol–water partition coefficient (Wildman–Crippen LogP) is 7.31. The van der Waals surface area contributed by atoms with Gasteiger partial charge in [0.2, 0.25) is 0 Å². The van der Waals surface area contributed by atoms with Crippen molar-refractivity contribution >= 4 is 11.6 Å². The van der Waals surface area contributed by atoms with Crippen LogP contribution in [-0.4, -0.2) is 17.0 Å². The third-order valence-corrected chi connectivity index (χ3v) is 7.68. The summed E-state index contributed by atoms with van der Waals surface area (Å²) in [6.45, 7) is 4.18. The van der Waals surface area contributed by atoms with Crippen molar-refractivity contribution in [3.8, 4) is 5.69 Å². The number of benzene rings is 3. The topological polar surface area (TPSA) is 72.1 Å². The van der Waals surface area contributed by atoms with Crippen LogP contribution >= 0.6 is 0 Å². The normalized spacial score (nSPS) is 14.2. The van der Waals surface area contributed by atoms with Gasteiger partial charge in [0.1, 0.15) is 11.5 Å². The molecule has 1 saturated carbocycles. The molecule has 1 aliphatic carbocycles. The summed E-state index contributed by atoms with van der Waals surface area (Å²) in [6, 6.07) is 20.3. The molecule has 0 aliphatic heterocycles. The van der Waals surface area contributed by atoms with Gasteiger partial charge in [-0.05, 0) is 85.2 Å². The number of hydrogen-bond acceptors (Lipinski definition) is 3. The van der Waals surface area contributed by atoms with Crippen LogP contribution < -0.4 is 16.4 Å². The van der Waals surface area contributed by atoms with E-state index in [0.717, 1.165) is 36.6 Å². The summed E-state index contributed by atoms with van der Waals surface area (Å²) < 4.78 is 59.1. The maximum Gasteiger partial charge on any atom is 0.418 e. The summed E-state index contributed by atoms with van der Waals surface area (Å²) in [5.74, 6) is -0.898. The van der Waals surface area contributed by atoms with E-state index in [-0.39, 0.29) is 36.1 Å². The lowest BCUT2D eigenvalue weighted by molar-refractivity contribution is -0.138. The fraction of sp³-hybridized carbons (Fsp3) is 0.303. The number of alkyl halides is 3. The van der Waals surface area contributed by atoms with Gasteiger partial charge in [0, 0.05) is 17.9 Å². The predicted molar refractivity (Wildman–Crippen MR) is 156 cm³/mol. The van der Waals surface area contributed by atoms with Crippen molar-refractivity contribution < 1.29 is 22.4 Å². The van der Waals surface area contributed by atoms with Crippen LogP contribution in [0, 0.1) is 18.7 Å². The molecule has 1 unspecified atom stereocenters. The molecule has 4 N–H and O–H groups in total. The lowest BCUT2D eigenvalue weighted by Crippen LogP contribution is -2.25. The Morgan fingerprint density at radius 3 is 2.40 bits per heavy atom. The first-order valence-electron chi connectivity index (χ1n) is 14.1. The van der Waals surface area contributed by atoms with Gasteiger partial charge in [-0.1, -0.05) is 55.5 Å². The van der Waals surface area contributed by atoms with Crippen molar-refractivity contribution in [2.45, 2.75) is 51.9 Å². The number of nitrogens with two attached hydrogens (primary N) is 1. The van der Waals surface area contributed by atoms with Gasteiger partial charge in [-0.15, -0.1) is 0 Å². The molecular weight excluding hydrogens is 544 g/mol. The Labute approximate surface area is 242 Å². The van der Waals surface area contributed by atoms with Crippen LogP contribution in [0.15, 0.2) is 72.8 Å². The van der Waals surface area contributed by atoms with Crippen molar-refractivity contribution in [2.24, 2.45) is 11.7 Å². The number of hydrogen-bond donors (Lipinski definition) is 3. The van der Waals surface area contributed by atoms with Gasteiger partial charge >= 0.3 is 6.18 Å². The number of aromatic nitrogens is 1. The second-order valence-corrected chi connectivity index (χ2v) is 10.8. The molecule has 220 valence electrons. The molecule has 1 fully saturated rings. The molecule has 5 rings (SSSR count). The second-order valence-electron chi connectivity index (χ2n) is 10.8. The van der Waals surface area contributed by atoms with E-state index >= 15 is 4.39 Å². The van der Waals surface area contributed by atoms with Crippen LogP contribution in [0.2, 0.25) is 0 Å². The molecule has 0 saturated heterocycles. The van der Waals surface area contributed by atoms with E-state index in [0.29, 0.717) is 22.7 Å². The van der Waals surface area contributed by atoms with E-state index in [1.165, 1.54) is 4.57 Å². The van der Waals surface area contributed by atoms with Crippen molar-refractivity contribution in [2.75, 3.05) is 11.9 Å². The lowest BCUT2D eigenvalue weighted by atomic mass is 9.96. The summed E-state index contributed by atoms with van der Waals surface area (Å²) in [5, 5.41) is 6.17. The monoisotopic (exact) mass is 578 g/mol. The van der Waals surface area contributed by atoms with Crippen LogP contribution in [0.5, 0.6) is 0 Å². The Morgan fingerprint density at radius 1 is 1.02 bits per heavy atom. The number of aryl methyl sites for hydroxylation is 1. The first kappa shape index (κ1) is 29.5.